The number of ketones is 1. The van der Waals surface area contributed by atoms with Gasteiger partial charge in [-0.2, -0.15) is 0 Å². The molecule has 1 N–H and O–H groups in total. The first-order valence-corrected chi connectivity index (χ1v) is 5.67. The number of hydrogen-bond donors (Lipinski definition) is 1. The Morgan fingerprint density at radius 1 is 1.69 bits per heavy atom. The van der Waals surface area contributed by atoms with Crippen LogP contribution in [0.3, 0.4) is 0 Å². The van der Waals surface area contributed by atoms with Crippen LogP contribution in [-0.2, 0) is 9.59 Å². The van der Waals surface area contributed by atoms with E-state index in [9.17, 15) is 9.59 Å². The quantitative estimate of drug-likeness (QED) is 0.703. The van der Waals surface area contributed by atoms with Crippen molar-refractivity contribution in [3.63, 3.8) is 0 Å². The minimum Gasteiger partial charge on any atom is -0.481 e. The highest BCUT2D eigenvalue weighted by Crippen LogP contribution is 2.16. The standard InChI is InChI=1S/C13H18O3/c1-10(8-9-13(15)16)4-2-5-11-6-3-7-12(11)14/h2-3,5-6,10-11H,4,7-9H2,1H3,(H,15,16)/b5-2-. The number of carbonyl (C=O) groups excluding carboxylic acids is 1. The van der Waals surface area contributed by atoms with Crippen LogP contribution < -0.4 is 0 Å². The van der Waals surface area contributed by atoms with Gasteiger partial charge >= 0.3 is 5.97 Å². The Balaban J connectivity index is 2.22. The molecule has 0 heterocycles. The highest BCUT2D eigenvalue weighted by Gasteiger charge is 2.15. The summed E-state index contributed by atoms with van der Waals surface area (Å²) in [6.07, 6.45) is 10.0. The lowest BCUT2D eigenvalue weighted by atomic mass is 10.00. The molecule has 3 nitrogen and oxygen atoms in total. The first-order chi connectivity index (χ1) is 7.59. The Hall–Kier alpha value is -1.38. The zero-order valence-corrected chi connectivity index (χ0v) is 9.56. The fourth-order valence-electron chi connectivity index (χ4n) is 1.69. The summed E-state index contributed by atoms with van der Waals surface area (Å²) < 4.78 is 0. The molecule has 0 bridgehead atoms. The van der Waals surface area contributed by atoms with Crippen molar-refractivity contribution in [2.45, 2.75) is 32.6 Å². The lowest BCUT2D eigenvalue weighted by Crippen LogP contribution is -2.03. The van der Waals surface area contributed by atoms with Crippen molar-refractivity contribution in [1.82, 2.24) is 0 Å². The second-order valence-electron chi connectivity index (χ2n) is 4.33. The van der Waals surface area contributed by atoms with Crippen LogP contribution in [0.4, 0.5) is 0 Å². The lowest BCUT2D eigenvalue weighted by molar-refractivity contribution is -0.137. The molecule has 0 fully saturated rings. The van der Waals surface area contributed by atoms with E-state index in [0.29, 0.717) is 18.8 Å². The summed E-state index contributed by atoms with van der Waals surface area (Å²) in [5.74, 6) is -0.196. The number of Topliss-reactive ketones (excluding diaryl/α,β-unsaturated/α-hetero) is 1. The third kappa shape index (κ3) is 4.43. The molecule has 0 amide bonds. The van der Waals surface area contributed by atoms with Gasteiger partial charge in [-0.25, -0.2) is 0 Å². The van der Waals surface area contributed by atoms with E-state index in [4.69, 9.17) is 5.11 Å². The molecule has 16 heavy (non-hydrogen) atoms. The van der Waals surface area contributed by atoms with Gasteiger partial charge in [-0.05, 0) is 18.8 Å². The van der Waals surface area contributed by atoms with Crippen molar-refractivity contribution in [3.8, 4) is 0 Å². The Morgan fingerprint density at radius 3 is 3.00 bits per heavy atom. The predicted octanol–water partition coefficient (Wildman–Crippen LogP) is 2.58. The molecule has 1 aliphatic carbocycles. The number of allylic oxidation sites excluding steroid dienone is 4. The number of carboxylic acid groups (broad SMARTS) is 1. The topological polar surface area (TPSA) is 54.4 Å². The van der Waals surface area contributed by atoms with E-state index in [0.717, 1.165) is 6.42 Å². The molecule has 0 saturated heterocycles. The van der Waals surface area contributed by atoms with E-state index in [1.165, 1.54) is 0 Å². The minimum atomic E-state index is -0.746. The molecule has 2 unspecified atom stereocenters. The van der Waals surface area contributed by atoms with Crippen LogP contribution in [0.1, 0.15) is 32.6 Å². The van der Waals surface area contributed by atoms with Crippen LogP contribution in [0.5, 0.6) is 0 Å². The highest BCUT2D eigenvalue weighted by molar-refractivity contribution is 5.88. The maximum atomic E-state index is 11.3. The Morgan fingerprint density at radius 2 is 2.44 bits per heavy atom. The molecule has 0 aliphatic heterocycles. The van der Waals surface area contributed by atoms with Gasteiger partial charge < -0.3 is 5.11 Å². The maximum absolute atomic E-state index is 11.3. The normalized spacial score (nSPS) is 21.8. The highest BCUT2D eigenvalue weighted by atomic mass is 16.4. The van der Waals surface area contributed by atoms with Gasteiger partial charge in [0.2, 0.25) is 0 Å². The van der Waals surface area contributed by atoms with Gasteiger partial charge in [0.25, 0.3) is 0 Å². The second-order valence-corrected chi connectivity index (χ2v) is 4.33. The molecule has 3 heteroatoms. The van der Waals surface area contributed by atoms with Crippen molar-refractivity contribution < 1.29 is 14.7 Å². The lowest BCUT2D eigenvalue weighted by Gasteiger charge is -2.06. The van der Waals surface area contributed by atoms with Crippen molar-refractivity contribution in [3.05, 3.63) is 24.3 Å². The van der Waals surface area contributed by atoms with E-state index in [2.05, 4.69) is 0 Å². The molecule has 88 valence electrons. The maximum Gasteiger partial charge on any atom is 0.303 e. The van der Waals surface area contributed by atoms with Crippen molar-refractivity contribution >= 4 is 11.8 Å². The van der Waals surface area contributed by atoms with E-state index < -0.39 is 5.97 Å². The van der Waals surface area contributed by atoms with E-state index in [1.54, 1.807) is 0 Å². The van der Waals surface area contributed by atoms with Crippen LogP contribution in [0, 0.1) is 11.8 Å². The Bertz CT molecular complexity index is 315. The van der Waals surface area contributed by atoms with Gasteiger partial charge in [0, 0.05) is 12.8 Å². The van der Waals surface area contributed by atoms with Gasteiger partial charge in [-0.15, -0.1) is 0 Å². The molecule has 0 saturated carbocycles. The zero-order valence-electron chi connectivity index (χ0n) is 9.56. The zero-order chi connectivity index (χ0) is 12.0. The van der Waals surface area contributed by atoms with Crippen LogP contribution in [0.2, 0.25) is 0 Å². The average molecular weight is 222 g/mol. The molecule has 0 spiro atoms. The average Bonchev–Trinajstić information content (AvgIpc) is 2.61. The Kier molecular flexibility index (Phi) is 4.96. The number of carbonyl (C=O) groups is 2. The molecule has 0 aromatic rings. The molecule has 0 aromatic heterocycles. The first-order valence-electron chi connectivity index (χ1n) is 5.67. The third-order valence-electron chi connectivity index (χ3n) is 2.77. The van der Waals surface area contributed by atoms with Gasteiger partial charge in [0.05, 0.1) is 5.92 Å². The largest absolute Gasteiger partial charge is 0.481 e. The fourth-order valence-corrected chi connectivity index (χ4v) is 1.69. The molecule has 0 radical (unpaired) electrons. The van der Waals surface area contributed by atoms with Crippen molar-refractivity contribution in [2.24, 2.45) is 11.8 Å². The summed E-state index contributed by atoms with van der Waals surface area (Å²) in [6.45, 7) is 2.03. The summed E-state index contributed by atoms with van der Waals surface area (Å²) in [5, 5.41) is 8.52. The van der Waals surface area contributed by atoms with E-state index in [-0.39, 0.29) is 18.1 Å². The smallest absolute Gasteiger partial charge is 0.303 e. The predicted molar refractivity (Wildman–Crippen MR) is 62.0 cm³/mol. The fraction of sp³-hybridized carbons (Fsp3) is 0.538. The minimum absolute atomic E-state index is 0.0494. The first kappa shape index (κ1) is 12.7. The van der Waals surface area contributed by atoms with Crippen molar-refractivity contribution in [1.29, 1.82) is 0 Å². The summed E-state index contributed by atoms with van der Waals surface area (Å²) in [4.78, 5) is 21.6. The van der Waals surface area contributed by atoms with Crippen LogP contribution in [0.15, 0.2) is 24.3 Å². The van der Waals surface area contributed by atoms with Gasteiger partial charge in [-0.1, -0.05) is 31.2 Å². The van der Waals surface area contributed by atoms with Crippen LogP contribution >= 0.6 is 0 Å². The number of carboxylic acids is 1. The molecule has 1 rings (SSSR count). The number of rotatable bonds is 6. The molecule has 1 aliphatic rings. The monoisotopic (exact) mass is 222 g/mol. The van der Waals surface area contributed by atoms with Gasteiger partial charge in [-0.3, -0.25) is 9.59 Å². The summed E-state index contributed by atoms with van der Waals surface area (Å²) in [6, 6.07) is 0. The summed E-state index contributed by atoms with van der Waals surface area (Å²) >= 11 is 0. The molecular weight excluding hydrogens is 204 g/mol. The molecule has 0 aromatic carbocycles. The number of hydrogen-bond acceptors (Lipinski definition) is 2. The Labute approximate surface area is 95.9 Å². The summed E-state index contributed by atoms with van der Waals surface area (Å²) in [7, 11) is 0. The van der Waals surface area contributed by atoms with Crippen molar-refractivity contribution in [2.75, 3.05) is 0 Å². The number of aliphatic carboxylic acids is 1. The van der Waals surface area contributed by atoms with E-state index in [1.807, 2.05) is 31.2 Å². The van der Waals surface area contributed by atoms with Crippen LogP contribution in [0.25, 0.3) is 0 Å². The SMILES string of the molecule is CC(C/C=C\C1C=CCC1=O)CCC(=O)O. The molecular formula is C13H18O3. The second kappa shape index (κ2) is 6.26. The molecule has 2 atom stereocenters. The van der Waals surface area contributed by atoms with E-state index >= 15 is 0 Å². The van der Waals surface area contributed by atoms with Gasteiger partial charge in [0.15, 0.2) is 0 Å². The van der Waals surface area contributed by atoms with Gasteiger partial charge in [0.1, 0.15) is 5.78 Å². The summed E-state index contributed by atoms with van der Waals surface area (Å²) in [5.41, 5.74) is 0. The van der Waals surface area contributed by atoms with Crippen LogP contribution in [-0.4, -0.2) is 16.9 Å². The third-order valence-corrected chi connectivity index (χ3v) is 2.77.